The van der Waals surface area contributed by atoms with E-state index in [-0.39, 0.29) is 5.91 Å². The molecule has 1 N–H and O–H groups in total. The first-order chi connectivity index (χ1) is 13.8. The van der Waals surface area contributed by atoms with E-state index in [0.29, 0.717) is 34.7 Å². The number of allylic oxidation sites excluding steroid dienone is 1. The van der Waals surface area contributed by atoms with Crippen LogP contribution in [0.15, 0.2) is 77.5 Å². The number of hydrogen-bond acceptors (Lipinski definition) is 6. The molecule has 3 aromatic rings. The summed E-state index contributed by atoms with van der Waals surface area (Å²) in [5, 5.41) is 13.4. The van der Waals surface area contributed by atoms with Crippen LogP contribution in [0.1, 0.15) is 10.4 Å². The third kappa shape index (κ3) is 3.67. The van der Waals surface area contributed by atoms with E-state index in [2.05, 4.69) is 27.3 Å². The van der Waals surface area contributed by atoms with E-state index >= 15 is 0 Å². The molecule has 28 heavy (non-hydrogen) atoms. The number of carbonyl (C=O) groups excluding carboxylic acids is 1. The number of ether oxygens (including phenoxy) is 1. The summed E-state index contributed by atoms with van der Waals surface area (Å²) in [6.45, 7) is 4.40. The van der Waals surface area contributed by atoms with Crippen molar-refractivity contribution >= 4 is 23.6 Å². The highest BCUT2D eigenvalue weighted by Gasteiger charge is 2.20. The SMILES string of the molecule is C=CCn1c(SCC2=NNC(=O)c3ccccc3O2)nnc1-c1ccccc1. The van der Waals surface area contributed by atoms with E-state index in [1.54, 1.807) is 24.3 Å². The van der Waals surface area contributed by atoms with Gasteiger partial charge in [-0.25, -0.2) is 5.43 Å². The molecule has 1 aliphatic rings. The van der Waals surface area contributed by atoms with Crippen LogP contribution in [-0.4, -0.2) is 32.3 Å². The van der Waals surface area contributed by atoms with E-state index in [0.717, 1.165) is 11.4 Å². The maximum atomic E-state index is 12.1. The molecule has 0 saturated heterocycles. The Morgan fingerprint density at radius 1 is 1.11 bits per heavy atom. The number of hydrazone groups is 1. The number of para-hydroxylation sites is 1. The number of rotatable bonds is 6. The van der Waals surface area contributed by atoms with Crippen LogP contribution in [0.5, 0.6) is 5.75 Å². The van der Waals surface area contributed by atoms with Gasteiger partial charge >= 0.3 is 0 Å². The Morgan fingerprint density at radius 3 is 2.71 bits per heavy atom. The summed E-state index contributed by atoms with van der Waals surface area (Å²) in [4.78, 5) is 12.1. The van der Waals surface area contributed by atoms with Crippen LogP contribution >= 0.6 is 11.8 Å². The van der Waals surface area contributed by atoms with Gasteiger partial charge in [0.25, 0.3) is 5.91 Å². The van der Waals surface area contributed by atoms with Gasteiger partial charge in [-0.2, -0.15) is 0 Å². The van der Waals surface area contributed by atoms with Gasteiger partial charge in [-0.05, 0) is 12.1 Å². The Balaban J connectivity index is 1.55. The highest BCUT2D eigenvalue weighted by Crippen LogP contribution is 2.26. The molecule has 0 atom stereocenters. The zero-order valence-electron chi connectivity index (χ0n) is 14.9. The van der Waals surface area contributed by atoms with E-state index < -0.39 is 0 Å². The first-order valence-corrected chi connectivity index (χ1v) is 9.61. The maximum absolute atomic E-state index is 12.1. The number of nitrogens with zero attached hydrogens (tertiary/aromatic N) is 4. The molecule has 0 unspecified atom stereocenters. The monoisotopic (exact) mass is 391 g/mol. The predicted octanol–water partition coefficient (Wildman–Crippen LogP) is 3.36. The van der Waals surface area contributed by atoms with Crippen molar-refractivity contribution in [3.63, 3.8) is 0 Å². The fourth-order valence-electron chi connectivity index (χ4n) is 2.74. The van der Waals surface area contributed by atoms with Crippen LogP contribution in [0.4, 0.5) is 0 Å². The molecular weight excluding hydrogens is 374 g/mol. The molecule has 0 spiro atoms. The Kier molecular flexibility index (Phi) is 5.20. The second-order valence-electron chi connectivity index (χ2n) is 5.90. The minimum absolute atomic E-state index is 0.295. The highest BCUT2D eigenvalue weighted by atomic mass is 32.2. The normalized spacial score (nSPS) is 13.0. The first kappa shape index (κ1) is 18.0. The fraction of sp³-hybridized carbons (Fsp3) is 0.100. The lowest BCUT2D eigenvalue weighted by Gasteiger charge is -2.09. The third-order valence-electron chi connectivity index (χ3n) is 4.03. The molecule has 1 aromatic heterocycles. The van der Waals surface area contributed by atoms with Gasteiger partial charge in [0, 0.05) is 12.1 Å². The average molecular weight is 391 g/mol. The number of amides is 1. The van der Waals surface area contributed by atoms with Crippen molar-refractivity contribution in [1.29, 1.82) is 0 Å². The summed E-state index contributed by atoms with van der Waals surface area (Å²) < 4.78 is 7.79. The molecule has 1 aliphatic heterocycles. The second-order valence-corrected chi connectivity index (χ2v) is 6.85. The van der Waals surface area contributed by atoms with E-state index in [9.17, 15) is 4.79 Å². The molecule has 0 bridgehead atoms. The van der Waals surface area contributed by atoms with Gasteiger partial charge in [0.15, 0.2) is 11.0 Å². The number of thioether (sulfide) groups is 1. The number of nitrogens with one attached hydrogen (secondary N) is 1. The van der Waals surface area contributed by atoms with Crippen molar-refractivity contribution < 1.29 is 9.53 Å². The minimum atomic E-state index is -0.295. The predicted molar refractivity (Wildman–Crippen MR) is 108 cm³/mol. The van der Waals surface area contributed by atoms with E-state index in [1.165, 1.54) is 11.8 Å². The van der Waals surface area contributed by atoms with Crippen LogP contribution in [0, 0.1) is 0 Å². The number of carbonyl (C=O) groups is 1. The zero-order chi connectivity index (χ0) is 19.3. The van der Waals surface area contributed by atoms with Gasteiger partial charge in [-0.15, -0.1) is 21.9 Å². The van der Waals surface area contributed by atoms with Crippen LogP contribution < -0.4 is 10.2 Å². The average Bonchev–Trinajstić information content (AvgIpc) is 3.05. The Hall–Kier alpha value is -3.39. The molecule has 4 rings (SSSR count). The van der Waals surface area contributed by atoms with E-state index in [4.69, 9.17) is 4.74 Å². The molecule has 2 aromatic carbocycles. The molecular formula is C20H17N5O2S. The summed E-state index contributed by atoms with van der Waals surface area (Å²) in [6.07, 6.45) is 1.80. The molecule has 8 heteroatoms. The van der Waals surface area contributed by atoms with Crippen LogP contribution in [0.2, 0.25) is 0 Å². The first-order valence-electron chi connectivity index (χ1n) is 8.62. The van der Waals surface area contributed by atoms with Gasteiger partial charge in [0.05, 0.1) is 11.3 Å². The van der Waals surface area contributed by atoms with Crippen LogP contribution in [-0.2, 0) is 6.54 Å². The Morgan fingerprint density at radius 2 is 1.89 bits per heavy atom. The summed E-state index contributed by atoms with van der Waals surface area (Å²) >= 11 is 1.43. The summed E-state index contributed by atoms with van der Waals surface area (Å²) in [5.41, 5.74) is 3.94. The smallest absolute Gasteiger partial charge is 0.275 e. The molecule has 140 valence electrons. The molecule has 0 radical (unpaired) electrons. The molecule has 1 amide bonds. The molecule has 0 aliphatic carbocycles. The lowest BCUT2D eigenvalue weighted by Crippen LogP contribution is -2.18. The summed E-state index contributed by atoms with van der Waals surface area (Å²) in [7, 11) is 0. The Labute approximate surface area is 166 Å². The highest BCUT2D eigenvalue weighted by molar-refractivity contribution is 7.99. The van der Waals surface area contributed by atoms with Crippen LogP contribution in [0.3, 0.4) is 0 Å². The van der Waals surface area contributed by atoms with Crippen molar-refractivity contribution in [2.45, 2.75) is 11.7 Å². The summed E-state index contributed by atoms with van der Waals surface area (Å²) in [6, 6.07) is 16.9. The van der Waals surface area contributed by atoms with Crippen molar-refractivity contribution in [3.8, 4) is 17.1 Å². The molecule has 0 saturated carbocycles. The van der Waals surface area contributed by atoms with Crippen molar-refractivity contribution in [2.24, 2.45) is 5.10 Å². The van der Waals surface area contributed by atoms with Gasteiger partial charge in [-0.1, -0.05) is 60.3 Å². The summed E-state index contributed by atoms with van der Waals surface area (Å²) in [5.74, 6) is 1.73. The van der Waals surface area contributed by atoms with Crippen molar-refractivity contribution in [2.75, 3.05) is 5.75 Å². The maximum Gasteiger partial charge on any atom is 0.275 e. The quantitative estimate of drug-likeness (QED) is 0.515. The number of hydrogen-bond donors (Lipinski definition) is 1. The standard InChI is InChI=1S/C20H17N5O2S/c1-2-12-25-18(14-8-4-3-5-9-14)22-24-20(25)28-13-17-21-23-19(26)15-10-6-7-11-16(15)27-17/h2-11H,1,12-13H2,(H,23,26). The molecule has 2 heterocycles. The van der Waals surface area contributed by atoms with Gasteiger partial charge in [-0.3, -0.25) is 9.36 Å². The van der Waals surface area contributed by atoms with E-state index in [1.807, 2.05) is 41.0 Å². The minimum Gasteiger partial charge on any atom is -0.440 e. The van der Waals surface area contributed by atoms with Crippen LogP contribution in [0.25, 0.3) is 11.4 Å². The lowest BCUT2D eigenvalue weighted by molar-refractivity contribution is 0.0955. The fourth-order valence-corrected chi connectivity index (χ4v) is 3.54. The van der Waals surface area contributed by atoms with Crippen molar-refractivity contribution in [3.05, 3.63) is 72.8 Å². The third-order valence-corrected chi connectivity index (χ3v) is 4.98. The molecule has 7 nitrogen and oxygen atoms in total. The van der Waals surface area contributed by atoms with Gasteiger partial charge in [0.2, 0.25) is 5.90 Å². The number of fused-ring (bicyclic) bond motifs is 1. The zero-order valence-corrected chi connectivity index (χ0v) is 15.7. The van der Waals surface area contributed by atoms with Crippen molar-refractivity contribution in [1.82, 2.24) is 20.2 Å². The van der Waals surface area contributed by atoms with Gasteiger partial charge < -0.3 is 4.74 Å². The Bertz CT molecular complexity index is 1050. The lowest BCUT2D eigenvalue weighted by atomic mass is 10.2. The second kappa shape index (κ2) is 8.10. The number of benzene rings is 2. The molecule has 0 fully saturated rings. The topological polar surface area (TPSA) is 81.4 Å². The number of aromatic nitrogens is 3. The largest absolute Gasteiger partial charge is 0.440 e. The van der Waals surface area contributed by atoms with Gasteiger partial charge in [0.1, 0.15) is 5.75 Å².